The van der Waals surface area contributed by atoms with Gasteiger partial charge in [-0.2, -0.15) is 0 Å². The molecule has 1 saturated carbocycles. The number of nitrogens with zero attached hydrogens (tertiary/aromatic N) is 1. The van der Waals surface area contributed by atoms with E-state index in [2.05, 4.69) is 10.1 Å². The van der Waals surface area contributed by atoms with Crippen molar-refractivity contribution in [2.75, 3.05) is 18.6 Å². The Morgan fingerprint density at radius 1 is 1.08 bits per heavy atom. The van der Waals surface area contributed by atoms with Crippen molar-refractivity contribution in [1.82, 2.24) is 5.32 Å². The molecule has 6 nitrogen and oxygen atoms in total. The van der Waals surface area contributed by atoms with E-state index in [0.717, 1.165) is 25.7 Å². The maximum atomic E-state index is 12.3. The molecular formula is C20H28N2O4. The van der Waals surface area contributed by atoms with Gasteiger partial charge >= 0.3 is 5.97 Å². The molecule has 0 heterocycles. The Morgan fingerprint density at radius 3 is 2.23 bits per heavy atom. The molecule has 1 N–H and O–H groups in total. The first kappa shape index (κ1) is 19.9. The maximum absolute atomic E-state index is 12.3. The molecule has 1 aliphatic rings. The number of carbonyl (C=O) groups excluding carboxylic acids is 3. The lowest BCUT2D eigenvalue weighted by Gasteiger charge is -2.22. The fraction of sp³-hybridized carbons (Fsp3) is 0.550. The normalized spacial score (nSPS) is 15.0. The molecule has 26 heavy (non-hydrogen) atoms. The summed E-state index contributed by atoms with van der Waals surface area (Å²) in [7, 11) is 1.32. The predicted octanol–water partition coefficient (Wildman–Crippen LogP) is 3.06. The lowest BCUT2D eigenvalue weighted by atomic mass is 10.1. The summed E-state index contributed by atoms with van der Waals surface area (Å²) >= 11 is 0. The SMILES string of the molecule is COC(=O)c1ccc(N(CCC(=O)NC2CCCCCC2)C(C)=O)cc1. The van der Waals surface area contributed by atoms with Crippen LogP contribution in [0.5, 0.6) is 0 Å². The van der Waals surface area contributed by atoms with Crippen LogP contribution in [0.25, 0.3) is 0 Å². The fourth-order valence-corrected chi connectivity index (χ4v) is 3.30. The van der Waals surface area contributed by atoms with Gasteiger partial charge in [-0.05, 0) is 37.1 Å². The van der Waals surface area contributed by atoms with Gasteiger partial charge in [0.15, 0.2) is 0 Å². The lowest BCUT2D eigenvalue weighted by Crippen LogP contribution is -2.38. The lowest BCUT2D eigenvalue weighted by molar-refractivity contribution is -0.121. The highest BCUT2D eigenvalue weighted by molar-refractivity contribution is 5.94. The zero-order chi connectivity index (χ0) is 18.9. The average Bonchev–Trinajstić information content (AvgIpc) is 2.90. The fourth-order valence-electron chi connectivity index (χ4n) is 3.30. The minimum absolute atomic E-state index is 0.0191. The number of methoxy groups -OCH3 is 1. The molecule has 0 aromatic heterocycles. The van der Waals surface area contributed by atoms with E-state index in [1.54, 1.807) is 29.2 Å². The van der Waals surface area contributed by atoms with Gasteiger partial charge in [0, 0.05) is 31.6 Å². The molecule has 0 aliphatic heterocycles. The monoisotopic (exact) mass is 360 g/mol. The highest BCUT2D eigenvalue weighted by Gasteiger charge is 2.17. The second kappa shape index (κ2) is 9.94. The van der Waals surface area contributed by atoms with Crippen molar-refractivity contribution in [3.63, 3.8) is 0 Å². The van der Waals surface area contributed by atoms with E-state index >= 15 is 0 Å². The molecule has 0 saturated heterocycles. The van der Waals surface area contributed by atoms with Crippen LogP contribution in [0.1, 0.15) is 62.2 Å². The number of anilines is 1. The molecule has 1 aromatic carbocycles. The molecule has 0 radical (unpaired) electrons. The topological polar surface area (TPSA) is 75.7 Å². The molecule has 0 spiro atoms. The summed E-state index contributed by atoms with van der Waals surface area (Å²) < 4.78 is 4.67. The average molecular weight is 360 g/mol. The van der Waals surface area contributed by atoms with Crippen LogP contribution in [0.4, 0.5) is 5.69 Å². The summed E-state index contributed by atoms with van der Waals surface area (Å²) in [6, 6.07) is 6.87. The number of nitrogens with one attached hydrogen (secondary N) is 1. The smallest absolute Gasteiger partial charge is 0.337 e. The van der Waals surface area contributed by atoms with Crippen LogP contribution >= 0.6 is 0 Å². The van der Waals surface area contributed by atoms with E-state index in [9.17, 15) is 14.4 Å². The van der Waals surface area contributed by atoms with E-state index in [1.165, 1.54) is 26.9 Å². The van der Waals surface area contributed by atoms with Gasteiger partial charge in [-0.25, -0.2) is 4.79 Å². The van der Waals surface area contributed by atoms with Gasteiger partial charge in [-0.15, -0.1) is 0 Å². The van der Waals surface area contributed by atoms with Crippen LogP contribution in [0.3, 0.4) is 0 Å². The van der Waals surface area contributed by atoms with Gasteiger partial charge < -0.3 is 15.0 Å². The number of benzene rings is 1. The molecule has 2 amide bonds. The van der Waals surface area contributed by atoms with Gasteiger partial charge in [-0.1, -0.05) is 25.7 Å². The first-order valence-corrected chi connectivity index (χ1v) is 9.27. The Hall–Kier alpha value is -2.37. The number of hydrogen-bond donors (Lipinski definition) is 1. The summed E-state index contributed by atoms with van der Waals surface area (Å²) in [5, 5.41) is 3.10. The highest BCUT2D eigenvalue weighted by atomic mass is 16.5. The molecule has 1 fully saturated rings. The number of carbonyl (C=O) groups is 3. The van der Waals surface area contributed by atoms with Crippen LogP contribution < -0.4 is 10.2 Å². The molecule has 0 atom stereocenters. The van der Waals surface area contributed by atoms with Gasteiger partial charge in [0.05, 0.1) is 12.7 Å². The van der Waals surface area contributed by atoms with Crippen molar-refractivity contribution in [2.24, 2.45) is 0 Å². The molecule has 1 aromatic rings. The molecule has 0 unspecified atom stereocenters. The number of hydrogen-bond acceptors (Lipinski definition) is 4. The van der Waals surface area contributed by atoms with Crippen LogP contribution in [-0.4, -0.2) is 37.5 Å². The van der Waals surface area contributed by atoms with Gasteiger partial charge in [0.1, 0.15) is 0 Å². The third kappa shape index (κ3) is 5.86. The van der Waals surface area contributed by atoms with Crippen molar-refractivity contribution in [3.05, 3.63) is 29.8 Å². The van der Waals surface area contributed by atoms with Gasteiger partial charge in [-0.3, -0.25) is 9.59 Å². The summed E-state index contributed by atoms with van der Waals surface area (Å²) in [5.74, 6) is -0.582. The third-order valence-corrected chi connectivity index (χ3v) is 4.76. The first-order valence-electron chi connectivity index (χ1n) is 9.27. The number of ether oxygens (including phenoxy) is 1. The molecule has 6 heteroatoms. The van der Waals surface area contributed by atoms with E-state index < -0.39 is 5.97 Å². The Balaban J connectivity index is 1.92. The zero-order valence-electron chi connectivity index (χ0n) is 15.6. The van der Waals surface area contributed by atoms with E-state index in [4.69, 9.17) is 0 Å². The van der Waals surface area contributed by atoms with Crippen LogP contribution in [-0.2, 0) is 14.3 Å². The van der Waals surface area contributed by atoms with E-state index in [-0.39, 0.29) is 24.3 Å². The maximum Gasteiger partial charge on any atom is 0.337 e. The minimum Gasteiger partial charge on any atom is -0.465 e. The summed E-state index contributed by atoms with van der Waals surface area (Å²) in [6.07, 6.45) is 7.15. The van der Waals surface area contributed by atoms with Gasteiger partial charge in [0.25, 0.3) is 0 Å². The molecular weight excluding hydrogens is 332 g/mol. The molecule has 1 aliphatic carbocycles. The van der Waals surface area contributed by atoms with Crippen molar-refractivity contribution in [1.29, 1.82) is 0 Å². The van der Waals surface area contributed by atoms with Crippen molar-refractivity contribution < 1.29 is 19.1 Å². The largest absolute Gasteiger partial charge is 0.465 e. The van der Waals surface area contributed by atoms with Crippen LogP contribution in [0.15, 0.2) is 24.3 Å². The Labute approximate surface area is 154 Å². The summed E-state index contributed by atoms with van der Waals surface area (Å²) in [6.45, 7) is 1.78. The van der Waals surface area contributed by atoms with Gasteiger partial charge in [0.2, 0.25) is 11.8 Å². The third-order valence-electron chi connectivity index (χ3n) is 4.76. The number of rotatable bonds is 6. The van der Waals surface area contributed by atoms with Crippen molar-refractivity contribution in [3.8, 4) is 0 Å². The Kier molecular flexibility index (Phi) is 7.63. The highest BCUT2D eigenvalue weighted by Crippen LogP contribution is 2.18. The van der Waals surface area contributed by atoms with Crippen molar-refractivity contribution >= 4 is 23.5 Å². The first-order chi connectivity index (χ1) is 12.5. The van der Waals surface area contributed by atoms with Crippen LogP contribution in [0.2, 0.25) is 0 Å². The second-order valence-electron chi connectivity index (χ2n) is 6.72. The van der Waals surface area contributed by atoms with Crippen molar-refractivity contribution in [2.45, 2.75) is 57.9 Å². The minimum atomic E-state index is -0.422. The quantitative estimate of drug-likeness (QED) is 0.625. The molecule has 0 bridgehead atoms. The number of amides is 2. The molecule has 2 rings (SSSR count). The molecule has 142 valence electrons. The van der Waals surface area contributed by atoms with E-state index in [1.807, 2.05) is 0 Å². The summed E-state index contributed by atoms with van der Waals surface area (Å²) in [5.41, 5.74) is 1.08. The predicted molar refractivity (Wildman–Crippen MR) is 100 cm³/mol. The van der Waals surface area contributed by atoms with Crippen LogP contribution in [0, 0.1) is 0 Å². The standard InChI is InChI=1S/C20H28N2O4/c1-15(23)22(18-11-9-16(10-12-18)20(25)26-2)14-13-19(24)21-17-7-5-3-4-6-8-17/h9-12,17H,3-8,13-14H2,1-2H3,(H,21,24). The van der Waals surface area contributed by atoms with E-state index in [0.29, 0.717) is 17.8 Å². The summed E-state index contributed by atoms with van der Waals surface area (Å²) in [4.78, 5) is 37.3. The second-order valence-corrected chi connectivity index (χ2v) is 6.72. The number of esters is 1. The Morgan fingerprint density at radius 2 is 1.69 bits per heavy atom. The zero-order valence-corrected chi connectivity index (χ0v) is 15.6. The Bertz CT molecular complexity index is 619.